The van der Waals surface area contributed by atoms with E-state index < -0.39 is 15.6 Å². The molecule has 1 aliphatic rings. The number of para-hydroxylation sites is 1. The highest BCUT2D eigenvalue weighted by Gasteiger charge is 2.35. The van der Waals surface area contributed by atoms with Gasteiger partial charge in [-0.05, 0) is 45.4 Å². The number of hydrogen-bond acceptors (Lipinski definition) is 4. The van der Waals surface area contributed by atoms with Gasteiger partial charge >= 0.3 is 0 Å². The summed E-state index contributed by atoms with van der Waals surface area (Å²) in [5.74, 6) is 0.393. The Balaban J connectivity index is 1.86. The van der Waals surface area contributed by atoms with Crippen molar-refractivity contribution in [3.8, 4) is 5.75 Å². The molecule has 1 N–H and O–H groups in total. The summed E-state index contributed by atoms with van der Waals surface area (Å²) in [5.41, 5.74) is 2.85. The average Bonchev–Trinajstić information content (AvgIpc) is 2.59. The Morgan fingerprint density at radius 1 is 1.21 bits per heavy atom. The fourth-order valence-electron chi connectivity index (χ4n) is 3.70. The number of carbonyl (C=O) groups excluding carboxylic acids is 1. The summed E-state index contributed by atoms with van der Waals surface area (Å²) < 4.78 is 32.0. The van der Waals surface area contributed by atoms with Gasteiger partial charge in [-0.2, -0.15) is 0 Å². The molecule has 0 saturated carbocycles. The molecule has 3 rings (SSSR count). The van der Waals surface area contributed by atoms with E-state index in [-0.39, 0.29) is 18.5 Å². The molecule has 1 aliphatic heterocycles. The van der Waals surface area contributed by atoms with E-state index in [1.807, 2.05) is 58.0 Å². The summed E-state index contributed by atoms with van der Waals surface area (Å²) >= 11 is 0. The molecular weight excluding hydrogens is 388 g/mol. The zero-order chi connectivity index (χ0) is 21.4. The van der Waals surface area contributed by atoms with Crippen molar-refractivity contribution in [2.24, 2.45) is 0 Å². The van der Waals surface area contributed by atoms with Crippen LogP contribution in [0.1, 0.15) is 43.0 Å². The largest absolute Gasteiger partial charge is 0.487 e. The Morgan fingerprint density at radius 3 is 2.55 bits per heavy atom. The molecule has 2 aromatic rings. The van der Waals surface area contributed by atoms with Gasteiger partial charge in [0.05, 0.1) is 18.0 Å². The van der Waals surface area contributed by atoms with Crippen LogP contribution in [0.5, 0.6) is 5.75 Å². The summed E-state index contributed by atoms with van der Waals surface area (Å²) in [6.45, 7) is 7.49. The third-order valence-corrected chi connectivity index (χ3v) is 6.16. The maximum absolute atomic E-state index is 12.9. The maximum Gasteiger partial charge on any atom is 0.241 e. The van der Waals surface area contributed by atoms with E-state index in [0.717, 1.165) is 33.0 Å². The molecule has 156 valence electrons. The number of aryl methyl sites for hydroxylation is 2. The predicted molar refractivity (Wildman–Crippen MR) is 115 cm³/mol. The van der Waals surface area contributed by atoms with Crippen LogP contribution in [0.3, 0.4) is 0 Å². The minimum atomic E-state index is -3.62. The number of anilines is 1. The number of carbonyl (C=O) groups is 1. The second kappa shape index (κ2) is 7.71. The first-order valence-corrected chi connectivity index (χ1v) is 11.4. The molecule has 0 radical (unpaired) electrons. The van der Waals surface area contributed by atoms with E-state index in [4.69, 9.17) is 4.74 Å². The Bertz CT molecular complexity index is 1030. The van der Waals surface area contributed by atoms with Crippen molar-refractivity contribution in [3.05, 3.63) is 59.2 Å². The third kappa shape index (κ3) is 4.90. The van der Waals surface area contributed by atoms with Gasteiger partial charge in [0.1, 0.15) is 17.9 Å². The van der Waals surface area contributed by atoms with Gasteiger partial charge in [0.25, 0.3) is 0 Å². The highest BCUT2D eigenvalue weighted by atomic mass is 32.2. The third-order valence-electron chi connectivity index (χ3n) is 5.03. The SMILES string of the molecule is Cc1ccc2c(c1)[C@H](NC(=O)CN(c1ccccc1C)S(C)(=O)=O)CC(C)(C)O2. The van der Waals surface area contributed by atoms with Crippen molar-refractivity contribution in [2.45, 2.75) is 45.8 Å². The van der Waals surface area contributed by atoms with Gasteiger partial charge in [0.2, 0.25) is 15.9 Å². The van der Waals surface area contributed by atoms with Crippen molar-refractivity contribution in [1.82, 2.24) is 5.32 Å². The number of ether oxygens (including phenoxy) is 1. The fraction of sp³-hybridized carbons (Fsp3) is 0.409. The first kappa shape index (κ1) is 21.2. The molecule has 1 amide bonds. The lowest BCUT2D eigenvalue weighted by Gasteiger charge is -2.38. The van der Waals surface area contributed by atoms with Gasteiger partial charge in [-0.25, -0.2) is 8.42 Å². The molecule has 6 nitrogen and oxygen atoms in total. The zero-order valence-corrected chi connectivity index (χ0v) is 18.3. The Hall–Kier alpha value is -2.54. The van der Waals surface area contributed by atoms with Gasteiger partial charge < -0.3 is 10.1 Å². The van der Waals surface area contributed by atoms with Crippen molar-refractivity contribution < 1.29 is 17.9 Å². The Kier molecular flexibility index (Phi) is 5.63. The molecule has 0 bridgehead atoms. The van der Waals surface area contributed by atoms with Gasteiger partial charge in [-0.15, -0.1) is 0 Å². The van der Waals surface area contributed by atoms with Gasteiger partial charge in [0, 0.05) is 12.0 Å². The lowest BCUT2D eigenvalue weighted by Crippen LogP contribution is -2.45. The van der Waals surface area contributed by atoms with Crippen LogP contribution in [0.4, 0.5) is 5.69 Å². The summed E-state index contributed by atoms with van der Waals surface area (Å²) in [7, 11) is -3.62. The average molecular weight is 417 g/mol. The van der Waals surface area contributed by atoms with Crippen molar-refractivity contribution in [3.63, 3.8) is 0 Å². The standard InChI is InChI=1S/C22H28N2O4S/c1-15-10-11-20-17(12-15)18(13-22(3,4)28-20)23-21(25)14-24(29(5,26)27)19-9-7-6-8-16(19)2/h6-12,18H,13-14H2,1-5H3,(H,23,25)/t18-/m1/s1. The monoisotopic (exact) mass is 416 g/mol. The lowest BCUT2D eigenvalue weighted by atomic mass is 9.89. The van der Waals surface area contributed by atoms with Gasteiger partial charge in [0.15, 0.2) is 0 Å². The van der Waals surface area contributed by atoms with Crippen LogP contribution in [-0.4, -0.2) is 32.7 Å². The minimum Gasteiger partial charge on any atom is -0.487 e. The highest BCUT2D eigenvalue weighted by molar-refractivity contribution is 7.92. The van der Waals surface area contributed by atoms with Crippen LogP contribution in [0.15, 0.2) is 42.5 Å². The van der Waals surface area contributed by atoms with Crippen molar-refractivity contribution in [2.75, 3.05) is 17.1 Å². The number of nitrogens with zero attached hydrogens (tertiary/aromatic N) is 1. The Labute approximate surface area is 172 Å². The van der Waals surface area contributed by atoms with Crippen LogP contribution in [0.25, 0.3) is 0 Å². The fourth-order valence-corrected chi connectivity index (χ4v) is 4.61. The van der Waals surface area contributed by atoms with E-state index in [1.165, 1.54) is 0 Å². The minimum absolute atomic E-state index is 0.251. The van der Waals surface area contributed by atoms with Crippen LogP contribution in [0.2, 0.25) is 0 Å². The molecule has 29 heavy (non-hydrogen) atoms. The number of hydrogen-bond donors (Lipinski definition) is 1. The molecule has 0 saturated heterocycles. The molecule has 0 aromatic heterocycles. The summed E-state index contributed by atoms with van der Waals surface area (Å²) in [5, 5.41) is 3.02. The summed E-state index contributed by atoms with van der Waals surface area (Å²) in [6, 6.07) is 12.8. The maximum atomic E-state index is 12.9. The second-order valence-electron chi connectivity index (χ2n) is 8.28. The number of benzene rings is 2. The highest BCUT2D eigenvalue weighted by Crippen LogP contribution is 2.39. The summed E-state index contributed by atoms with van der Waals surface area (Å²) in [6.07, 6.45) is 1.71. The number of rotatable bonds is 5. The van der Waals surface area contributed by atoms with E-state index in [9.17, 15) is 13.2 Å². The molecule has 2 aromatic carbocycles. The van der Waals surface area contributed by atoms with E-state index >= 15 is 0 Å². The smallest absolute Gasteiger partial charge is 0.241 e. The first-order valence-electron chi connectivity index (χ1n) is 9.58. The first-order chi connectivity index (χ1) is 13.5. The number of fused-ring (bicyclic) bond motifs is 1. The van der Waals surface area contributed by atoms with E-state index in [2.05, 4.69) is 5.32 Å². The molecule has 1 heterocycles. The van der Waals surface area contributed by atoms with Crippen molar-refractivity contribution >= 4 is 21.6 Å². The van der Waals surface area contributed by atoms with Gasteiger partial charge in [-0.3, -0.25) is 9.10 Å². The quantitative estimate of drug-likeness (QED) is 0.810. The Morgan fingerprint density at radius 2 is 1.90 bits per heavy atom. The van der Waals surface area contributed by atoms with E-state index in [1.54, 1.807) is 12.1 Å². The van der Waals surface area contributed by atoms with Crippen LogP contribution < -0.4 is 14.4 Å². The zero-order valence-electron chi connectivity index (χ0n) is 17.5. The lowest BCUT2D eigenvalue weighted by molar-refractivity contribution is -0.120. The van der Waals surface area contributed by atoms with E-state index in [0.29, 0.717) is 12.1 Å². The number of amides is 1. The van der Waals surface area contributed by atoms with Crippen molar-refractivity contribution in [1.29, 1.82) is 0 Å². The topological polar surface area (TPSA) is 75.7 Å². The molecule has 0 fully saturated rings. The second-order valence-corrected chi connectivity index (χ2v) is 10.2. The molecular formula is C22H28N2O4S. The van der Waals surface area contributed by atoms with Crippen LogP contribution >= 0.6 is 0 Å². The predicted octanol–water partition coefficient (Wildman–Crippen LogP) is 3.49. The molecule has 7 heteroatoms. The van der Waals surface area contributed by atoms with Crippen LogP contribution in [0, 0.1) is 13.8 Å². The normalized spacial score (nSPS) is 17.8. The summed E-state index contributed by atoms with van der Waals surface area (Å²) in [4.78, 5) is 12.9. The molecule has 1 atom stereocenters. The van der Waals surface area contributed by atoms with Gasteiger partial charge in [-0.1, -0.05) is 35.9 Å². The molecule has 0 unspecified atom stereocenters. The molecule has 0 spiro atoms. The van der Waals surface area contributed by atoms with Crippen LogP contribution in [-0.2, 0) is 14.8 Å². The molecule has 0 aliphatic carbocycles. The number of nitrogens with one attached hydrogen (secondary N) is 1. The number of sulfonamides is 1.